The van der Waals surface area contributed by atoms with Crippen LogP contribution in [0.5, 0.6) is 0 Å². The smallest absolute Gasteiger partial charge is 0.335 e. The van der Waals surface area contributed by atoms with E-state index in [9.17, 15) is 4.79 Å². The van der Waals surface area contributed by atoms with Crippen molar-refractivity contribution in [3.63, 3.8) is 0 Å². The number of aromatic nitrogens is 2. The van der Waals surface area contributed by atoms with Crippen LogP contribution < -0.4 is 11.5 Å². The van der Waals surface area contributed by atoms with Crippen molar-refractivity contribution in [3.8, 4) is 5.69 Å². The van der Waals surface area contributed by atoms with Crippen LogP contribution in [0.2, 0.25) is 5.02 Å². The number of fused-ring (bicyclic) bond motifs is 1. The number of hydrogen-bond acceptors (Lipinski definition) is 2. The fourth-order valence-electron chi connectivity index (χ4n) is 2.57. The van der Waals surface area contributed by atoms with Crippen molar-refractivity contribution in [2.75, 3.05) is 5.84 Å². The maximum absolute atomic E-state index is 12.2. The molecule has 1 aromatic carbocycles. The highest BCUT2D eigenvalue weighted by molar-refractivity contribution is 6.30. The highest BCUT2D eigenvalue weighted by Gasteiger charge is 2.21. The van der Waals surface area contributed by atoms with Crippen LogP contribution in [-0.4, -0.2) is 9.24 Å². The molecule has 0 fully saturated rings. The molecule has 1 aromatic heterocycles. The first-order valence-corrected chi connectivity index (χ1v) is 6.43. The molecular weight excluding hydrogens is 250 g/mol. The Kier molecular flexibility index (Phi) is 2.67. The second kappa shape index (κ2) is 4.21. The molecule has 5 heteroatoms. The average Bonchev–Trinajstić information content (AvgIpc) is 2.64. The van der Waals surface area contributed by atoms with E-state index in [2.05, 4.69) is 0 Å². The molecule has 2 N–H and O–H groups in total. The minimum atomic E-state index is -0.177. The van der Waals surface area contributed by atoms with Crippen LogP contribution in [0, 0.1) is 0 Å². The topological polar surface area (TPSA) is 52.9 Å². The van der Waals surface area contributed by atoms with Crippen LogP contribution in [0.3, 0.4) is 0 Å². The molecule has 1 aliphatic rings. The summed E-state index contributed by atoms with van der Waals surface area (Å²) in [6.07, 6.45) is 3.97. The first kappa shape index (κ1) is 11.4. The number of benzene rings is 1. The van der Waals surface area contributed by atoms with Gasteiger partial charge in [0.15, 0.2) is 0 Å². The van der Waals surface area contributed by atoms with Gasteiger partial charge in [-0.25, -0.2) is 9.47 Å². The fourth-order valence-corrected chi connectivity index (χ4v) is 2.69. The van der Waals surface area contributed by atoms with E-state index in [1.54, 1.807) is 16.7 Å². The minimum Gasteiger partial charge on any atom is -0.335 e. The van der Waals surface area contributed by atoms with Crippen molar-refractivity contribution in [1.29, 1.82) is 0 Å². The summed E-state index contributed by atoms with van der Waals surface area (Å²) in [4.78, 5) is 12.2. The van der Waals surface area contributed by atoms with Crippen LogP contribution >= 0.6 is 11.6 Å². The lowest BCUT2D eigenvalue weighted by atomic mass is 10.0. The highest BCUT2D eigenvalue weighted by atomic mass is 35.5. The number of nitrogen functional groups attached to an aromatic ring is 1. The molecule has 0 spiro atoms. The third-order valence-electron chi connectivity index (χ3n) is 3.45. The van der Waals surface area contributed by atoms with Gasteiger partial charge in [-0.05, 0) is 49.9 Å². The maximum atomic E-state index is 12.2. The third-order valence-corrected chi connectivity index (χ3v) is 3.71. The Labute approximate surface area is 110 Å². The van der Waals surface area contributed by atoms with Crippen molar-refractivity contribution in [2.45, 2.75) is 25.7 Å². The molecule has 0 radical (unpaired) electrons. The molecule has 0 unspecified atom stereocenters. The summed E-state index contributed by atoms with van der Waals surface area (Å²) in [6, 6.07) is 7.26. The summed E-state index contributed by atoms with van der Waals surface area (Å²) in [5, 5.41) is 0.660. The van der Waals surface area contributed by atoms with E-state index in [0.29, 0.717) is 5.02 Å². The molecule has 0 bridgehead atoms. The van der Waals surface area contributed by atoms with Crippen molar-refractivity contribution in [2.24, 2.45) is 0 Å². The molecule has 0 saturated heterocycles. The van der Waals surface area contributed by atoms with Crippen LogP contribution in [0.1, 0.15) is 24.2 Å². The standard InChI is InChI=1S/C13H14ClN3O/c14-9-5-7-10(8-6-9)16-11-3-1-2-4-12(11)17(15)13(16)18/h5-8H,1-4,15H2. The summed E-state index contributed by atoms with van der Waals surface area (Å²) in [7, 11) is 0. The summed E-state index contributed by atoms with van der Waals surface area (Å²) in [6.45, 7) is 0. The molecule has 0 atom stereocenters. The minimum absolute atomic E-state index is 0.177. The lowest BCUT2D eigenvalue weighted by molar-refractivity contribution is 0.644. The predicted octanol–water partition coefficient (Wildman–Crippen LogP) is 1.89. The largest absolute Gasteiger partial charge is 0.351 e. The Bertz CT molecular complexity index is 639. The number of hydrogen-bond donors (Lipinski definition) is 1. The molecule has 3 rings (SSSR count). The normalized spacial score (nSPS) is 14.5. The van der Waals surface area contributed by atoms with Crippen molar-refractivity contribution < 1.29 is 0 Å². The Balaban J connectivity index is 2.23. The molecule has 0 amide bonds. The van der Waals surface area contributed by atoms with E-state index in [1.807, 2.05) is 12.1 Å². The van der Waals surface area contributed by atoms with E-state index in [1.165, 1.54) is 4.68 Å². The van der Waals surface area contributed by atoms with Gasteiger partial charge in [0.25, 0.3) is 0 Å². The van der Waals surface area contributed by atoms with Gasteiger partial charge in [0.2, 0.25) is 0 Å². The molecule has 1 aliphatic carbocycles. The first-order chi connectivity index (χ1) is 8.68. The second-order valence-corrected chi connectivity index (χ2v) is 5.00. The summed E-state index contributed by atoms with van der Waals surface area (Å²) < 4.78 is 2.98. The Hall–Kier alpha value is -1.68. The van der Waals surface area contributed by atoms with Gasteiger partial charge in [0.1, 0.15) is 0 Å². The SMILES string of the molecule is Nn1c2c(n(-c3ccc(Cl)cc3)c1=O)CCCC2. The Morgan fingerprint density at radius 2 is 1.67 bits per heavy atom. The molecule has 18 heavy (non-hydrogen) atoms. The van der Waals surface area contributed by atoms with Gasteiger partial charge in [-0.1, -0.05) is 11.6 Å². The van der Waals surface area contributed by atoms with Crippen molar-refractivity contribution in [3.05, 3.63) is 51.2 Å². The van der Waals surface area contributed by atoms with Crippen molar-refractivity contribution >= 4 is 11.6 Å². The van der Waals surface area contributed by atoms with E-state index < -0.39 is 0 Å². The van der Waals surface area contributed by atoms with Gasteiger partial charge < -0.3 is 5.84 Å². The van der Waals surface area contributed by atoms with E-state index in [-0.39, 0.29) is 5.69 Å². The average molecular weight is 264 g/mol. The molecule has 0 saturated carbocycles. The number of rotatable bonds is 1. The summed E-state index contributed by atoms with van der Waals surface area (Å²) >= 11 is 5.87. The molecule has 2 aromatic rings. The van der Waals surface area contributed by atoms with Crippen LogP contribution in [0.15, 0.2) is 29.1 Å². The van der Waals surface area contributed by atoms with Crippen LogP contribution in [0.4, 0.5) is 0 Å². The predicted molar refractivity (Wildman–Crippen MR) is 71.8 cm³/mol. The maximum Gasteiger partial charge on any atom is 0.351 e. The lowest BCUT2D eigenvalue weighted by Crippen LogP contribution is -2.29. The van der Waals surface area contributed by atoms with Crippen LogP contribution in [-0.2, 0) is 12.8 Å². The van der Waals surface area contributed by atoms with Gasteiger partial charge in [-0.2, -0.15) is 0 Å². The van der Waals surface area contributed by atoms with Gasteiger partial charge in [-0.15, -0.1) is 0 Å². The monoisotopic (exact) mass is 263 g/mol. The van der Waals surface area contributed by atoms with E-state index in [4.69, 9.17) is 17.4 Å². The third kappa shape index (κ3) is 1.64. The number of halogens is 1. The zero-order valence-electron chi connectivity index (χ0n) is 9.90. The van der Waals surface area contributed by atoms with E-state index >= 15 is 0 Å². The van der Waals surface area contributed by atoms with E-state index in [0.717, 1.165) is 42.8 Å². The molecule has 4 nitrogen and oxygen atoms in total. The first-order valence-electron chi connectivity index (χ1n) is 6.05. The molecular formula is C13H14ClN3O. The number of imidazole rings is 1. The summed E-state index contributed by atoms with van der Waals surface area (Å²) in [5.41, 5.74) is 2.65. The Morgan fingerprint density at radius 1 is 1.06 bits per heavy atom. The number of nitrogens with zero attached hydrogens (tertiary/aromatic N) is 2. The lowest BCUT2D eigenvalue weighted by Gasteiger charge is -2.14. The quantitative estimate of drug-likeness (QED) is 0.799. The fraction of sp³-hybridized carbons (Fsp3) is 0.308. The zero-order valence-corrected chi connectivity index (χ0v) is 10.7. The molecule has 1 heterocycles. The van der Waals surface area contributed by atoms with Crippen molar-refractivity contribution in [1.82, 2.24) is 9.24 Å². The molecule has 0 aliphatic heterocycles. The zero-order chi connectivity index (χ0) is 12.7. The second-order valence-electron chi connectivity index (χ2n) is 4.56. The van der Waals surface area contributed by atoms with Gasteiger partial charge in [0.05, 0.1) is 11.4 Å². The van der Waals surface area contributed by atoms with Gasteiger partial charge in [0, 0.05) is 10.7 Å². The van der Waals surface area contributed by atoms with Gasteiger partial charge in [-0.3, -0.25) is 4.57 Å². The number of nitrogens with two attached hydrogens (primary N) is 1. The molecule has 94 valence electrons. The highest BCUT2D eigenvalue weighted by Crippen LogP contribution is 2.22. The Morgan fingerprint density at radius 3 is 2.33 bits per heavy atom. The van der Waals surface area contributed by atoms with Crippen LogP contribution in [0.25, 0.3) is 5.69 Å². The van der Waals surface area contributed by atoms with Gasteiger partial charge >= 0.3 is 5.69 Å². The summed E-state index contributed by atoms with van der Waals surface area (Å²) in [5.74, 6) is 5.85.